The molecule has 1 heterocycles. The fraction of sp³-hybridized carbons (Fsp3) is 0.500. The highest BCUT2D eigenvalue weighted by Crippen LogP contribution is 1.81. The van der Waals surface area contributed by atoms with Gasteiger partial charge in [0.1, 0.15) is 0 Å². The largest absolute Gasteiger partial charge is 0.346 e. The first-order valence-corrected chi connectivity index (χ1v) is 3.19. The first-order chi connectivity index (χ1) is 4.22. The van der Waals surface area contributed by atoms with E-state index in [9.17, 15) is 0 Å². The molecule has 48 valence electrons. The number of aryl methyl sites for hydroxylation is 1. The normalized spacial score (nSPS) is 9.67. The van der Waals surface area contributed by atoms with Crippen LogP contribution in [-0.2, 0) is 7.05 Å². The maximum atomic E-state index is 4.18. The van der Waals surface area contributed by atoms with Gasteiger partial charge in [0.25, 0.3) is 0 Å². The Morgan fingerprint density at radius 1 is 1.56 bits per heavy atom. The summed E-state index contributed by atoms with van der Waals surface area (Å²) in [5.41, 5.74) is 1.15. The van der Waals surface area contributed by atoms with Gasteiger partial charge in [0.05, 0.1) is 5.72 Å². The molecule has 1 aromatic rings. The van der Waals surface area contributed by atoms with Gasteiger partial charge in [0, 0.05) is 19.4 Å². The van der Waals surface area contributed by atoms with Crippen LogP contribution in [0.5, 0.6) is 0 Å². The van der Waals surface area contributed by atoms with Crippen LogP contribution in [0, 0.1) is 0 Å². The van der Waals surface area contributed by atoms with Crippen LogP contribution in [-0.4, -0.2) is 16.3 Å². The predicted molar refractivity (Wildman–Crippen MR) is 40.3 cm³/mol. The quantitative estimate of drug-likeness (QED) is 0.492. The van der Waals surface area contributed by atoms with Crippen molar-refractivity contribution >= 4 is 12.4 Å². The van der Waals surface area contributed by atoms with Crippen molar-refractivity contribution in [3.05, 3.63) is 12.4 Å². The van der Waals surface area contributed by atoms with E-state index in [0.717, 1.165) is 5.72 Å². The Balaban J connectivity index is 2.94. The molecule has 0 atom stereocenters. The molecule has 0 fully saturated rings. The number of nitrogens with zero attached hydrogens (tertiary/aromatic N) is 2. The van der Waals surface area contributed by atoms with Gasteiger partial charge in [-0.2, -0.15) is 0 Å². The lowest BCUT2D eigenvalue weighted by atomic mass is 9.54. The lowest BCUT2D eigenvalue weighted by molar-refractivity contribution is 0.947. The third-order valence-electron chi connectivity index (χ3n) is 1.37. The summed E-state index contributed by atoms with van der Waals surface area (Å²) < 4.78 is 2.05. The predicted octanol–water partition coefficient (Wildman–Crippen LogP) is 0.381. The minimum atomic E-state index is 0.532. The van der Waals surface area contributed by atoms with Gasteiger partial charge in [-0.25, -0.2) is 0 Å². The minimum absolute atomic E-state index is 0.532. The summed E-state index contributed by atoms with van der Waals surface area (Å²) in [6, 6.07) is 0. The van der Waals surface area contributed by atoms with Gasteiger partial charge in [-0.05, 0) is 0 Å². The molecule has 0 saturated heterocycles. The van der Waals surface area contributed by atoms with E-state index in [0.29, 0.717) is 6.71 Å². The van der Waals surface area contributed by atoms with Crippen molar-refractivity contribution in [3.8, 4) is 0 Å². The summed E-state index contributed by atoms with van der Waals surface area (Å²) in [5, 5.41) is 0. The maximum Gasteiger partial charge on any atom is 0.216 e. The van der Waals surface area contributed by atoms with Gasteiger partial charge >= 0.3 is 0 Å². The first-order valence-electron chi connectivity index (χ1n) is 3.19. The molecule has 1 rings (SSSR count). The molecule has 0 aliphatic rings. The van der Waals surface area contributed by atoms with Crippen LogP contribution in [0.3, 0.4) is 0 Å². The van der Waals surface area contributed by atoms with Gasteiger partial charge in [-0.3, -0.25) is 4.98 Å². The fourth-order valence-electron chi connectivity index (χ4n) is 0.933. The van der Waals surface area contributed by atoms with E-state index in [2.05, 4.69) is 18.6 Å². The topological polar surface area (TPSA) is 17.8 Å². The molecule has 0 spiro atoms. The first kappa shape index (κ1) is 6.40. The molecule has 0 aliphatic heterocycles. The smallest absolute Gasteiger partial charge is 0.216 e. The van der Waals surface area contributed by atoms with E-state index in [1.54, 1.807) is 0 Å². The monoisotopic (exact) mass is 122 g/mol. The second-order valence-corrected chi connectivity index (χ2v) is 2.55. The van der Waals surface area contributed by atoms with Crippen molar-refractivity contribution in [2.24, 2.45) is 7.05 Å². The summed E-state index contributed by atoms with van der Waals surface area (Å²) in [7, 11) is 2.02. The molecule has 9 heavy (non-hydrogen) atoms. The van der Waals surface area contributed by atoms with Crippen molar-refractivity contribution in [2.75, 3.05) is 0 Å². The van der Waals surface area contributed by atoms with Gasteiger partial charge in [0.15, 0.2) is 0 Å². The Bertz CT molecular complexity index is 193. The highest BCUT2D eigenvalue weighted by Gasteiger charge is 2.06. The second kappa shape index (κ2) is 2.25. The van der Waals surface area contributed by atoms with Gasteiger partial charge in [-0.1, -0.05) is 13.6 Å². The van der Waals surface area contributed by atoms with Gasteiger partial charge < -0.3 is 4.57 Å². The number of hydrogen-bond acceptors (Lipinski definition) is 1. The van der Waals surface area contributed by atoms with E-state index in [1.165, 1.54) is 0 Å². The van der Waals surface area contributed by atoms with Crippen molar-refractivity contribution in [3.63, 3.8) is 0 Å². The number of aromatic nitrogens is 2. The molecule has 0 radical (unpaired) electrons. The van der Waals surface area contributed by atoms with E-state index >= 15 is 0 Å². The molecule has 0 aliphatic carbocycles. The molecule has 0 bridgehead atoms. The molecule has 0 amide bonds. The molecule has 0 aromatic carbocycles. The Morgan fingerprint density at radius 3 is 2.44 bits per heavy atom. The summed E-state index contributed by atoms with van der Waals surface area (Å²) in [5.74, 6) is 0. The summed E-state index contributed by atoms with van der Waals surface area (Å²) >= 11 is 0. The lowest BCUT2D eigenvalue weighted by Gasteiger charge is -1.99. The summed E-state index contributed by atoms with van der Waals surface area (Å²) in [6.45, 7) is 4.81. The Morgan fingerprint density at radius 2 is 2.22 bits per heavy atom. The van der Waals surface area contributed by atoms with Crippen molar-refractivity contribution in [1.29, 1.82) is 0 Å². The van der Waals surface area contributed by atoms with E-state index < -0.39 is 0 Å². The van der Waals surface area contributed by atoms with Gasteiger partial charge in [0.2, 0.25) is 6.71 Å². The van der Waals surface area contributed by atoms with Crippen molar-refractivity contribution in [1.82, 2.24) is 9.55 Å². The molecule has 0 unspecified atom stereocenters. The lowest BCUT2D eigenvalue weighted by Crippen LogP contribution is -2.31. The average molecular weight is 122 g/mol. The molecule has 2 nitrogen and oxygen atoms in total. The van der Waals surface area contributed by atoms with Crippen LogP contribution in [0.4, 0.5) is 0 Å². The van der Waals surface area contributed by atoms with Crippen LogP contribution < -0.4 is 5.72 Å². The van der Waals surface area contributed by atoms with Gasteiger partial charge in [-0.15, -0.1) is 0 Å². The zero-order chi connectivity index (χ0) is 6.85. The van der Waals surface area contributed by atoms with Crippen LogP contribution in [0.15, 0.2) is 12.4 Å². The van der Waals surface area contributed by atoms with E-state index in [-0.39, 0.29) is 0 Å². The van der Waals surface area contributed by atoms with Crippen LogP contribution in [0.25, 0.3) is 0 Å². The standard InChI is InChI=1S/C6H11BN2/c1-7(2)6-8-4-5-9(6)3/h4-5H,1-3H3. The molecule has 0 saturated carbocycles. The minimum Gasteiger partial charge on any atom is -0.346 e. The Hall–Kier alpha value is -0.725. The third-order valence-corrected chi connectivity index (χ3v) is 1.37. The number of hydrogen-bond donors (Lipinski definition) is 0. The highest BCUT2D eigenvalue weighted by molar-refractivity contribution is 6.69. The molecule has 3 heteroatoms. The SMILES string of the molecule is CB(C)c1nccn1C. The zero-order valence-corrected chi connectivity index (χ0v) is 6.13. The van der Waals surface area contributed by atoms with Crippen LogP contribution in [0.2, 0.25) is 13.6 Å². The molecule has 0 N–H and O–H groups in total. The third kappa shape index (κ3) is 1.15. The Labute approximate surface area is 56.0 Å². The summed E-state index contributed by atoms with van der Waals surface area (Å²) in [6.07, 6.45) is 3.80. The second-order valence-electron chi connectivity index (χ2n) is 2.55. The van der Waals surface area contributed by atoms with E-state index in [4.69, 9.17) is 0 Å². The molecule has 1 aromatic heterocycles. The summed E-state index contributed by atoms with van der Waals surface area (Å²) in [4.78, 5) is 4.18. The maximum absolute atomic E-state index is 4.18. The van der Waals surface area contributed by atoms with Crippen LogP contribution >= 0.6 is 0 Å². The van der Waals surface area contributed by atoms with Crippen molar-refractivity contribution in [2.45, 2.75) is 13.6 Å². The fourth-order valence-corrected chi connectivity index (χ4v) is 0.933. The Kier molecular flexibility index (Phi) is 1.60. The number of rotatable bonds is 1. The number of imidazole rings is 1. The van der Waals surface area contributed by atoms with E-state index in [1.807, 2.05) is 24.0 Å². The molecular formula is C6H11BN2. The van der Waals surface area contributed by atoms with Crippen molar-refractivity contribution < 1.29 is 0 Å². The molecular weight excluding hydrogens is 111 g/mol. The zero-order valence-electron chi connectivity index (χ0n) is 6.13. The van der Waals surface area contributed by atoms with Crippen LogP contribution in [0.1, 0.15) is 0 Å². The average Bonchev–Trinajstić information content (AvgIpc) is 2.13. The highest BCUT2D eigenvalue weighted by atomic mass is 15.0.